The Balaban J connectivity index is 1.30. The topological polar surface area (TPSA) is 61.4 Å². The number of nitrogens with one attached hydrogen (secondary N) is 1. The number of hydrogen-bond donors (Lipinski definition) is 1. The SMILES string of the molecule is O=C(Cc1ccccc1)N1CCN(c2ccc(Nc3ccccc3)nn2)CC1. The molecule has 142 valence electrons. The van der Waals surface area contributed by atoms with Crippen LogP contribution in [0.25, 0.3) is 0 Å². The summed E-state index contributed by atoms with van der Waals surface area (Å²) in [6.07, 6.45) is 0.459. The summed E-state index contributed by atoms with van der Waals surface area (Å²) in [4.78, 5) is 16.6. The molecule has 0 bridgehead atoms. The number of benzene rings is 2. The Morgan fingerprint density at radius 1 is 0.821 bits per heavy atom. The van der Waals surface area contributed by atoms with Crippen molar-refractivity contribution in [1.29, 1.82) is 0 Å². The Bertz CT molecular complexity index is 891. The van der Waals surface area contributed by atoms with Crippen LogP contribution in [0.4, 0.5) is 17.3 Å². The fourth-order valence-corrected chi connectivity index (χ4v) is 3.30. The van der Waals surface area contributed by atoms with Crippen LogP contribution in [0.3, 0.4) is 0 Å². The van der Waals surface area contributed by atoms with E-state index in [9.17, 15) is 4.79 Å². The van der Waals surface area contributed by atoms with E-state index in [0.29, 0.717) is 25.3 Å². The van der Waals surface area contributed by atoms with E-state index in [1.54, 1.807) is 0 Å². The fourth-order valence-electron chi connectivity index (χ4n) is 3.30. The lowest BCUT2D eigenvalue weighted by Crippen LogP contribution is -2.49. The molecule has 0 aliphatic carbocycles. The van der Waals surface area contributed by atoms with Crippen molar-refractivity contribution in [2.75, 3.05) is 36.4 Å². The average Bonchev–Trinajstić information content (AvgIpc) is 2.76. The van der Waals surface area contributed by atoms with Gasteiger partial charge in [0, 0.05) is 31.9 Å². The molecule has 0 radical (unpaired) electrons. The number of rotatable bonds is 5. The zero-order valence-electron chi connectivity index (χ0n) is 15.7. The van der Waals surface area contributed by atoms with Crippen molar-refractivity contribution in [3.63, 3.8) is 0 Å². The number of carbonyl (C=O) groups is 1. The summed E-state index contributed by atoms with van der Waals surface area (Å²) < 4.78 is 0. The van der Waals surface area contributed by atoms with Gasteiger partial charge < -0.3 is 15.1 Å². The first-order chi connectivity index (χ1) is 13.8. The number of para-hydroxylation sites is 1. The first-order valence-electron chi connectivity index (χ1n) is 9.50. The predicted octanol–water partition coefficient (Wildman–Crippen LogP) is 3.11. The molecule has 1 aliphatic heterocycles. The van der Waals surface area contributed by atoms with Crippen molar-refractivity contribution >= 4 is 23.2 Å². The fraction of sp³-hybridized carbons (Fsp3) is 0.227. The predicted molar refractivity (Wildman–Crippen MR) is 111 cm³/mol. The molecule has 1 aliphatic rings. The molecule has 1 amide bonds. The summed E-state index contributed by atoms with van der Waals surface area (Å²) in [6.45, 7) is 2.94. The number of piperazine rings is 1. The third-order valence-electron chi connectivity index (χ3n) is 4.85. The minimum absolute atomic E-state index is 0.180. The molecule has 0 atom stereocenters. The van der Waals surface area contributed by atoms with E-state index >= 15 is 0 Å². The molecule has 6 heteroatoms. The van der Waals surface area contributed by atoms with Gasteiger partial charge in [0.1, 0.15) is 0 Å². The van der Waals surface area contributed by atoms with Crippen molar-refractivity contribution in [2.24, 2.45) is 0 Å². The monoisotopic (exact) mass is 373 g/mol. The minimum atomic E-state index is 0.180. The number of hydrogen-bond acceptors (Lipinski definition) is 5. The molecule has 0 spiro atoms. The van der Waals surface area contributed by atoms with Crippen LogP contribution < -0.4 is 10.2 Å². The summed E-state index contributed by atoms with van der Waals surface area (Å²) >= 11 is 0. The zero-order valence-corrected chi connectivity index (χ0v) is 15.7. The van der Waals surface area contributed by atoms with Gasteiger partial charge in [0.2, 0.25) is 5.91 Å². The maximum Gasteiger partial charge on any atom is 0.227 e. The molecule has 1 fully saturated rings. The van der Waals surface area contributed by atoms with Crippen molar-refractivity contribution in [1.82, 2.24) is 15.1 Å². The number of carbonyl (C=O) groups excluding carboxylic acids is 1. The molecule has 4 rings (SSSR count). The second-order valence-corrected chi connectivity index (χ2v) is 6.80. The van der Waals surface area contributed by atoms with E-state index < -0.39 is 0 Å². The average molecular weight is 373 g/mol. The van der Waals surface area contributed by atoms with Crippen molar-refractivity contribution < 1.29 is 4.79 Å². The molecular formula is C22H23N5O. The van der Waals surface area contributed by atoms with Crippen LogP contribution >= 0.6 is 0 Å². The van der Waals surface area contributed by atoms with Crippen LogP contribution in [0.2, 0.25) is 0 Å². The molecule has 1 N–H and O–H groups in total. The molecule has 1 saturated heterocycles. The molecule has 3 aromatic rings. The van der Waals surface area contributed by atoms with Gasteiger partial charge in [-0.2, -0.15) is 0 Å². The van der Waals surface area contributed by atoms with E-state index in [1.807, 2.05) is 77.7 Å². The standard InChI is InChI=1S/C22H23N5O/c28-22(17-18-7-3-1-4-8-18)27-15-13-26(14-16-27)21-12-11-20(24-25-21)23-19-9-5-2-6-10-19/h1-12H,13-17H2,(H,23,24). The summed E-state index contributed by atoms with van der Waals surface area (Å²) in [5, 5.41) is 11.9. The molecule has 0 unspecified atom stereocenters. The molecule has 2 heterocycles. The minimum Gasteiger partial charge on any atom is -0.352 e. The Morgan fingerprint density at radius 3 is 2.14 bits per heavy atom. The quantitative estimate of drug-likeness (QED) is 0.745. The van der Waals surface area contributed by atoms with Crippen LogP contribution in [0.15, 0.2) is 72.8 Å². The number of nitrogens with zero attached hydrogens (tertiary/aromatic N) is 4. The lowest BCUT2D eigenvalue weighted by atomic mass is 10.1. The maximum absolute atomic E-state index is 12.5. The molecule has 0 saturated carbocycles. The number of amides is 1. The Morgan fingerprint density at radius 2 is 1.50 bits per heavy atom. The van der Waals surface area contributed by atoms with E-state index in [0.717, 1.165) is 30.2 Å². The normalized spacial score (nSPS) is 14.0. The van der Waals surface area contributed by atoms with E-state index in [1.165, 1.54) is 0 Å². The first kappa shape index (κ1) is 18.0. The van der Waals surface area contributed by atoms with Gasteiger partial charge in [0.15, 0.2) is 11.6 Å². The first-order valence-corrected chi connectivity index (χ1v) is 9.50. The van der Waals surface area contributed by atoms with E-state index in [4.69, 9.17) is 0 Å². The molecule has 28 heavy (non-hydrogen) atoms. The Kier molecular flexibility index (Phi) is 5.47. The zero-order chi connectivity index (χ0) is 19.2. The number of aromatic nitrogens is 2. The summed E-state index contributed by atoms with van der Waals surface area (Å²) in [5.74, 6) is 1.74. The smallest absolute Gasteiger partial charge is 0.227 e. The summed E-state index contributed by atoms with van der Waals surface area (Å²) in [6, 6.07) is 23.7. The van der Waals surface area contributed by atoms with Gasteiger partial charge in [0.25, 0.3) is 0 Å². The molecule has 2 aromatic carbocycles. The van der Waals surface area contributed by atoms with E-state index in [-0.39, 0.29) is 5.91 Å². The number of anilines is 3. The van der Waals surface area contributed by atoms with Gasteiger partial charge in [-0.15, -0.1) is 10.2 Å². The van der Waals surface area contributed by atoms with Gasteiger partial charge in [-0.3, -0.25) is 4.79 Å². The van der Waals surface area contributed by atoms with Gasteiger partial charge >= 0.3 is 0 Å². The largest absolute Gasteiger partial charge is 0.352 e. The van der Waals surface area contributed by atoms with Crippen LogP contribution in [-0.2, 0) is 11.2 Å². The third kappa shape index (κ3) is 4.46. The van der Waals surface area contributed by atoms with Crippen molar-refractivity contribution in [3.8, 4) is 0 Å². The van der Waals surface area contributed by atoms with Crippen molar-refractivity contribution in [3.05, 3.63) is 78.4 Å². The second-order valence-electron chi connectivity index (χ2n) is 6.80. The van der Waals surface area contributed by atoms with Gasteiger partial charge in [-0.1, -0.05) is 48.5 Å². The summed E-state index contributed by atoms with van der Waals surface area (Å²) in [7, 11) is 0. The van der Waals surface area contributed by atoms with Crippen LogP contribution in [0, 0.1) is 0 Å². The molecular weight excluding hydrogens is 350 g/mol. The lowest BCUT2D eigenvalue weighted by Gasteiger charge is -2.35. The van der Waals surface area contributed by atoms with Gasteiger partial charge in [-0.25, -0.2) is 0 Å². The highest BCUT2D eigenvalue weighted by molar-refractivity contribution is 5.79. The van der Waals surface area contributed by atoms with Crippen LogP contribution in [0.5, 0.6) is 0 Å². The summed E-state index contributed by atoms with van der Waals surface area (Å²) in [5.41, 5.74) is 2.04. The molecule has 1 aromatic heterocycles. The lowest BCUT2D eigenvalue weighted by molar-refractivity contribution is -0.130. The van der Waals surface area contributed by atoms with Crippen molar-refractivity contribution in [2.45, 2.75) is 6.42 Å². The highest BCUT2D eigenvalue weighted by Gasteiger charge is 2.22. The van der Waals surface area contributed by atoms with E-state index in [2.05, 4.69) is 20.4 Å². The highest BCUT2D eigenvalue weighted by Crippen LogP contribution is 2.17. The van der Waals surface area contributed by atoms with Crippen LogP contribution in [-0.4, -0.2) is 47.2 Å². The van der Waals surface area contributed by atoms with Gasteiger partial charge in [0.05, 0.1) is 6.42 Å². The third-order valence-corrected chi connectivity index (χ3v) is 4.85. The maximum atomic E-state index is 12.5. The van der Waals surface area contributed by atoms with Gasteiger partial charge in [-0.05, 0) is 29.8 Å². The van der Waals surface area contributed by atoms with Crippen LogP contribution in [0.1, 0.15) is 5.56 Å². The molecule has 6 nitrogen and oxygen atoms in total. The Hall–Kier alpha value is -3.41. The Labute approximate surface area is 164 Å². The second kappa shape index (κ2) is 8.52. The highest BCUT2D eigenvalue weighted by atomic mass is 16.2.